The Morgan fingerprint density at radius 1 is 0.912 bits per heavy atom. The highest BCUT2D eigenvalue weighted by Gasteiger charge is 2.23. The molecule has 2 heterocycles. The third-order valence-electron chi connectivity index (χ3n) is 6.36. The maximum Gasteiger partial charge on any atom is 0.315 e. The molecule has 0 radical (unpaired) electrons. The van der Waals surface area contributed by atoms with Crippen LogP contribution >= 0.6 is 0 Å². The largest absolute Gasteiger partial charge is 0.332 e. The predicted octanol–water partition coefficient (Wildman–Crippen LogP) is 5.65. The number of pyridine rings is 1. The molecular formula is C28H29N5O. The number of amides is 2. The van der Waals surface area contributed by atoms with Gasteiger partial charge in [0.2, 0.25) is 0 Å². The van der Waals surface area contributed by atoms with E-state index in [9.17, 15) is 4.79 Å². The molecule has 1 fully saturated rings. The molecule has 0 atom stereocenters. The van der Waals surface area contributed by atoms with E-state index in [4.69, 9.17) is 5.10 Å². The van der Waals surface area contributed by atoms with E-state index in [1.807, 2.05) is 84.9 Å². The van der Waals surface area contributed by atoms with Crippen molar-refractivity contribution in [3.05, 3.63) is 108 Å². The number of hydrogen-bond acceptors (Lipinski definition) is 3. The minimum absolute atomic E-state index is 0.229. The lowest BCUT2D eigenvalue weighted by molar-refractivity contribution is 0.238. The molecule has 2 amide bonds. The summed E-state index contributed by atoms with van der Waals surface area (Å²) < 4.78 is 2.11. The number of rotatable bonds is 7. The van der Waals surface area contributed by atoms with Gasteiger partial charge < -0.3 is 10.6 Å². The normalized spacial score (nSPS) is 13.8. The lowest BCUT2D eigenvalue weighted by Crippen LogP contribution is -2.38. The van der Waals surface area contributed by atoms with Gasteiger partial charge in [0.1, 0.15) is 0 Å². The molecule has 0 unspecified atom stereocenters. The van der Waals surface area contributed by atoms with Crippen LogP contribution in [-0.2, 0) is 6.54 Å². The van der Waals surface area contributed by atoms with E-state index in [1.54, 1.807) is 6.20 Å². The molecule has 1 aliphatic rings. The van der Waals surface area contributed by atoms with Crippen LogP contribution in [-0.4, -0.2) is 20.8 Å². The molecule has 5 rings (SSSR count). The van der Waals surface area contributed by atoms with Gasteiger partial charge in [0.15, 0.2) is 0 Å². The molecule has 1 aliphatic carbocycles. The number of urea groups is 1. The number of benzene rings is 2. The van der Waals surface area contributed by atoms with E-state index < -0.39 is 0 Å². The molecule has 4 aromatic rings. The first-order valence-electron chi connectivity index (χ1n) is 11.9. The summed E-state index contributed by atoms with van der Waals surface area (Å²) in [5, 5.41) is 11.0. The van der Waals surface area contributed by atoms with Crippen LogP contribution in [0.25, 0.3) is 11.4 Å². The van der Waals surface area contributed by atoms with Crippen molar-refractivity contribution in [1.82, 2.24) is 25.4 Å². The fourth-order valence-corrected chi connectivity index (χ4v) is 4.67. The molecule has 2 aromatic heterocycles. The number of nitrogens with zero attached hydrogens (tertiary/aromatic N) is 3. The topological polar surface area (TPSA) is 71.8 Å². The summed E-state index contributed by atoms with van der Waals surface area (Å²) >= 11 is 0. The summed E-state index contributed by atoms with van der Waals surface area (Å²) in [6.45, 7) is 0.349. The number of aromatic nitrogens is 3. The van der Waals surface area contributed by atoms with Crippen molar-refractivity contribution in [1.29, 1.82) is 0 Å². The zero-order valence-electron chi connectivity index (χ0n) is 19.1. The van der Waals surface area contributed by atoms with Gasteiger partial charge in [-0.3, -0.25) is 9.67 Å². The second-order valence-electron chi connectivity index (χ2n) is 8.70. The average molecular weight is 452 g/mol. The Morgan fingerprint density at radius 2 is 1.56 bits per heavy atom. The van der Waals surface area contributed by atoms with Crippen LogP contribution in [0.2, 0.25) is 0 Å². The summed E-state index contributed by atoms with van der Waals surface area (Å²) in [5.41, 5.74) is 4.82. The summed E-state index contributed by atoms with van der Waals surface area (Å²) in [6.07, 6.45) is 6.51. The van der Waals surface area contributed by atoms with Crippen LogP contribution in [0.4, 0.5) is 4.79 Å². The molecule has 0 aliphatic heterocycles. The third kappa shape index (κ3) is 5.01. The highest BCUT2D eigenvalue weighted by molar-refractivity contribution is 5.75. The molecule has 2 N–H and O–H groups in total. The van der Waals surface area contributed by atoms with Crippen LogP contribution in [0.15, 0.2) is 91.1 Å². The Balaban J connectivity index is 1.32. The first-order chi connectivity index (χ1) is 16.8. The van der Waals surface area contributed by atoms with Crippen molar-refractivity contribution in [2.75, 3.05) is 0 Å². The SMILES string of the molecule is O=C(NCc1cc(-c2ccccn2)n(C2CCCC2)n1)NC(c1ccccc1)c1ccccc1. The maximum atomic E-state index is 12.9. The molecule has 6 heteroatoms. The van der Waals surface area contributed by atoms with E-state index in [0.717, 1.165) is 41.1 Å². The molecule has 1 saturated carbocycles. The van der Waals surface area contributed by atoms with E-state index in [1.165, 1.54) is 12.8 Å². The number of hydrogen-bond donors (Lipinski definition) is 2. The second kappa shape index (κ2) is 10.3. The molecule has 34 heavy (non-hydrogen) atoms. The van der Waals surface area contributed by atoms with Crippen LogP contribution < -0.4 is 10.6 Å². The molecule has 0 saturated heterocycles. The van der Waals surface area contributed by atoms with Crippen LogP contribution in [0.5, 0.6) is 0 Å². The second-order valence-corrected chi connectivity index (χ2v) is 8.70. The minimum atomic E-state index is -0.234. The summed E-state index contributed by atoms with van der Waals surface area (Å²) in [4.78, 5) is 17.5. The van der Waals surface area contributed by atoms with Gasteiger partial charge in [-0.2, -0.15) is 5.10 Å². The van der Waals surface area contributed by atoms with Crippen molar-refractivity contribution >= 4 is 6.03 Å². The Morgan fingerprint density at radius 3 is 2.18 bits per heavy atom. The van der Waals surface area contributed by atoms with E-state index in [2.05, 4.69) is 20.3 Å². The molecule has 2 aromatic carbocycles. The fraction of sp³-hybridized carbons (Fsp3) is 0.250. The number of nitrogens with one attached hydrogen (secondary N) is 2. The van der Waals surface area contributed by atoms with E-state index in [-0.39, 0.29) is 12.1 Å². The average Bonchev–Trinajstić information content (AvgIpc) is 3.58. The monoisotopic (exact) mass is 451 g/mol. The van der Waals surface area contributed by atoms with Gasteiger partial charge in [-0.15, -0.1) is 0 Å². The highest BCUT2D eigenvalue weighted by Crippen LogP contribution is 2.33. The third-order valence-corrected chi connectivity index (χ3v) is 6.36. The van der Waals surface area contributed by atoms with Gasteiger partial charge >= 0.3 is 6.03 Å². The highest BCUT2D eigenvalue weighted by atomic mass is 16.2. The minimum Gasteiger partial charge on any atom is -0.332 e. The van der Waals surface area contributed by atoms with Crippen molar-refractivity contribution in [2.45, 2.75) is 44.3 Å². The fourth-order valence-electron chi connectivity index (χ4n) is 4.67. The molecular weight excluding hydrogens is 422 g/mol. The quantitative estimate of drug-likeness (QED) is 0.381. The first kappa shape index (κ1) is 21.9. The van der Waals surface area contributed by atoms with Crippen LogP contribution in [0, 0.1) is 0 Å². The van der Waals surface area contributed by atoms with Crippen molar-refractivity contribution in [3.8, 4) is 11.4 Å². The summed E-state index contributed by atoms with van der Waals surface area (Å²) in [7, 11) is 0. The number of carbonyl (C=O) groups excluding carboxylic acids is 1. The first-order valence-corrected chi connectivity index (χ1v) is 11.9. The van der Waals surface area contributed by atoms with E-state index in [0.29, 0.717) is 12.6 Å². The van der Waals surface area contributed by atoms with Gasteiger partial charge in [-0.1, -0.05) is 79.6 Å². The van der Waals surface area contributed by atoms with E-state index >= 15 is 0 Å². The van der Waals surface area contributed by atoms with Gasteiger partial charge in [0.25, 0.3) is 0 Å². The van der Waals surface area contributed by atoms with Crippen molar-refractivity contribution in [2.24, 2.45) is 0 Å². The lowest BCUT2D eigenvalue weighted by atomic mass is 9.99. The molecule has 0 bridgehead atoms. The maximum absolute atomic E-state index is 12.9. The van der Waals surface area contributed by atoms with Gasteiger partial charge in [-0.05, 0) is 42.2 Å². The Labute approximate surface area is 200 Å². The zero-order valence-corrected chi connectivity index (χ0v) is 19.1. The number of carbonyl (C=O) groups is 1. The zero-order chi connectivity index (χ0) is 23.2. The molecule has 0 spiro atoms. The Bertz CT molecular complexity index is 1160. The van der Waals surface area contributed by atoms with Crippen LogP contribution in [0.1, 0.15) is 54.6 Å². The lowest BCUT2D eigenvalue weighted by Gasteiger charge is -2.20. The predicted molar refractivity (Wildman–Crippen MR) is 133 cm³/mol. The summed E-state index contributed by atoms with van der Waals surface area (Å²) in [5.74, 6) is 0. The standard InChI is InChI=1S/C28H29N5O/c34-28(31-27(21-11-3-1-4-12-21)22-13-5-2-6-14-22)30-20-23-19-26(25-17-9-10-18-29-25)33(32-23)24-15-7-8-16-24/h1-6,9-14,17-19,24,27H,7-8,15-16,20H2,(H2,30,31,34). The van der Waals surface area contributed by atoms with Crippen molar-refractivity contribution < 1.29 is 4.79 Å². The smallest absolute Gasteiger partial charge is 0.315 e. The van der Waals surface area contributed by atoms with Gasteiger partial charge in [0.05, 0.1) is 35.7 Å². The Kier molecular flexibility index (Phi) is 6.66. The molecule has 6 nitrogen and oxygen atoms in total. The van der Waals surface area contributed by atoms with Crippen LogP contribution in [0.3, 0.4) is 0 Å². The Hall–Kier alpha value is -3.93. The van der Waals surface area contributed by atoms with Crippen molar-refractivity contribution in [3.63, 3.8) is 0 Å². The molecule has 172 valence electrons. The van der Waals surface area contributed by atoms with Gasteiger partial charge in [0, 0.05) is 6.20 Å². The summed E-state index contributed by atoms with van der Waals surface area (Å²) in [6, 6.07) is 27.9. The van der Waals surface area contributed by atoms with Gasteiger partial charge in [-0.25, -0.2) is 4.79 Å².